The second-order valence-corrected chi connectivity index (χ2v) is 3.81. The van der Waals surface area contributed by atoms with E-state index in [4.69, 9.17) is 5.73 Å². The number of alkyl halides is 3. The zero-order valence-electron chi connectivity index (χ0n) is 9.78. The number of primary amides is 1. The van der Waals surface area contributed by atoms with Crippen LogP contribution in [0.5, 0.6) is 0 Å². The van der Waals surface area contributed by atoms with Crippen molar-refractivity contribution in [1.82, 2.24) is 9.97 Å². The van der Waals surface area contributed by atoms with E-state index in [1.165, 1.54) is 18.5 Å². The number of rotatable bonds is 2. The monoisotopic (exact) mass is 285 g/mol. The molecule has 0 fully saturated rings. The largest absolute Gasteiger partial charge is 0.417 e. The van der Waals surface area contributed by atoms with E-state index >= 15 is 0 Å². The molecule has 1 amide bonds. The van der Waals surface area contributed by atoms with Crippen molar-refractivity contribution in [3.05, 3.63) is 47.5 Å². The van der Waals surface area contributed by atoms with Crippen LogP contribution in [0.3, 0.4) is 0 Å². The van der Waals surface area contributed by atoms with Crippen molar-refractivity contribution in [2.45, 2.75) is 6.18 Å². The number of aromatic nitrogens is 2. The third-order valence-electron chi connectivity index (χ3n) is 2.48. The molecule has 0 spiro atoms. The second kappa shape index (κ2) is 4.87. The molecule has 104 valence electrons. The molecule has 0 aliphatic carbocycles. The zero-order chi connectivity index (χ0) is 14.9. The lowest BCUT2D eigenvalue weighted by Crippen LogP contribution is -2.16. The van der Waals surface area contributed by atoms with Gasteiger partial charge in [-0.3, -0.25) is 4.79 Å². The van der Waals surface area contributed by atoms with Gasteiger partial charge in [0, 0.05) is 18.0 Å². The number of halogens is 4. The lowest BCUT2D eigenvalue weighted by atomic mass is 10.0. The predicted octanol–water partition coefficient (Wildman–Crippen LogP) is 2.40. The molecular formula is C12H7F4N3O. The summed E-state index contributed by atoms with van der Waals surface area (Å²) in [5.74, 6) is -2.79. The molecule has 2 rings (SSSR count). The first-order chi connectivity index (χ1) is 9.30. The van der Waals surface area contributed by atoms with Gasteiger partial charge >= 0.3 is 6.18 Å². The Kier molecular flexibility index (Phi) is 3.39. The van der Waals surface area contributed by atoms with E-state index in [1.807, 2.05) is 0 Å². The van der Waals surface area contributed by atoms with Gasteiger partial charge in [0.25, 0.3) is 5.91 Å². The number of benzene rings is 1. The molecular weight excluding hydrogens is 278 g/mol. The molecule has 0 saturated heterocycles. The Bertz CT molecular complexity index is 656. The van der Waals surface area contributed by atoms with E-state index in [0.29, 0.717) is 6.07 Å². The van der Waals surface area contributed by atoms with Crippen LogP contribution < -0.4 is 5.73 Å². The number of carbonyl (C=O) groups is 1. The molecule has 1 aromatic heterocycles. The van der Waals surface area contributed by atoms with Gasteiger partial charge in [0.15, 0.2) is 5.82 Å². The number of hydrogen-bond acceptors (Lipinski definition) is 3. The van der Waals surface area contributed by atoms with Gasteiger partial charge in [0.2, 0.25) is 0 Å². The number of nitrogens with two attached hydrogens (primary N) is 1. The highest BCUT2D eigenvalue weighted by atomic mass is 19.4. The number of nitrogens with zero attached hydrogens (tertiary/aromatic N) is 2. The van der Waals surface area contributed by atoms with Crippen LogP contribution in [0, 0.1) is 5.82 Å². The highest BCUT2D eigenvalue weighted by Crippen LogP contribution is 2.37. The molecule has 0 aliphatic heterocycles. The van der Waals surface area contributed by atoms with Crippen LogP contribution in [0.2, 0.25) is 0 Å². The fraction of sp³-hybridized carbons (Fsp3) is 0.0833. The summed E-state index contributed by atoms with van der Waals surface area (Å²) in [6, 6.07) is 2.33. The van der Waals surface area contributed by atoms with Crippen LogP contribution in [0.1, 0.15) is 15.9 Å². The van der Waals surface area contributed by atoms with Gasteiger partial charge in [0.05, 0.1) is 11.1 Å². The fourth-order valence-electron chi connectivity index (χ4n) is 1.62. The average Bonchev–Trinajstić information content (AvgIpc) is 2.38. The van der Waals surface area contributed by atoms with Crippen LogP contribution in [-0.2, 0) is 6.18 Å². The lowest BCUT2D eigenvalue weighted by molar-refractivity contribution is -0.137. The third kappa shape index (κ3) is 2.58. The van der Waals surface area contributed by atoms with E-state index < -0.39 is 34.6 Å². The Morgan fingerprint density at radius 2 is 1.75 bits per heavy atom. The minimum absolute atomic E-state index is 0.214. The summed E-state index contributed by atoms with van der Waals surface area (Å²) in [7, 11) is 0. The van der Waals surface area contributed by atoms with Crippen LogP contribution in [0.25, 0.3) is 11.4 Å². The highest BCUT2D eigenvalue weighted by molar-refractivity contribution is 5.94. The van der Waals surface area contributed by atoms with Gasteiger partial charge in [0.1, 0.15) is 5.82 Å². The van der Waals surface area contributed by atoms with Crippen LogP contribution in [-0.4, -0.2) is 15.9 Å². The Morgan fingerprint density at radius 3 is 2.25 bits per heavy atom. The molecule has 1 aromatic carbocycles. The molecule has 4 nitrogen and oxygen atoms in total. The maximum absolute atomic E-state index is 13.5. The first-order valence-electron chi connectivity index (χ1n) is 5.28. The average molecular weight is 285 g/mol. The molecule has 2 N–H and O–H groups in total. The molecule has 0 atom stereocenters. The fourth-order valence-corrected chi connectivity index (χ4v) is 1.62. The molecule has 20 heavy (non-hydrogen) atoms. The lowest BCUT2D eigenvalue weighted by Gasteiger charge is -2.13. The first-order valence-corrected chi connectivity index (χ1v) is 5.28. The smallest absolute Gasteiger partial charge is 0.366 e. The molecule has 2 aromatic rings. The van der Waals surface area contributed by atoms with Gasteiger partial charge in [-0.15, -0.1) is 0 Å². The van der Waals surface area contributed by atoms with Crippen LogP contribution in [0.4, 0.5) is 17.6 Å². The van der Waals surface area contributed by atoms with E-state index in [-0.39, 0.29) is 11.9 Å². The first kappa shape index (κ1) is 13.9. The van der Waals surface area contributed by atoms with Crippen molar-refractivity contribution in [2.75, 3.05) is 0 Å². The molecule has 0 radical (unpaired) electrons. The van der Waals surface area contributed by atoms with E-state index in [1.54, 1.807) is 0 Å². The van der Waals surface area contributed by atoms with Gasteiger partial charge in [-0.1, -0.05) is 0 Å². The van der Waals surface area contributed by atoms with Crippen molar-refractivity contribution >= 4 is 5.91 Å². The van der Waals surface area contributed by atoms with Crippen LogP contribution >= 0.6 is 0 Å². The maximum Gasteiger partial charge on any atom is 0.417 e. The summed E-state index contributed by atoms with van der Waals surface area (Å²) in [6.45, 7) is 0. The standard InChI is InChI=1S/C12H7F4N3O/c13-9-5-8(12(14,15)16)6(4-7(9)10(17)20)11-18-2-1-3-19-11/h1-5H,(H2,17,20). The molecule has 0 saturated carbocycles. The number of amides is 1. The summed E-state index contributed by atoms with van der Waals surface area (Å²) >= 11 is 0. The zero-order valence-corrected chi connectivity index (χ0v) is 9.78. The normalized spacial score (nSPS) is 11.4. The third-order valence-corrected chi connectivity index (χ3v) is 2.48. The molecule has 0 bridgehead atoms. The van der Waals surface area contributed by atoms with Crippen molar-refractivity contribution in [3.8, 4) is 11.4 Å². The Morgan fingerprint density at radius 1 is 1.15 bits per heavy atom. The Labute approximate surface area is 110 Å². The van der Waals surface area contributed by atoms with E-state index in [9.17, 15) is 22.4 Å². The van der Waals surface area contributed by atoms with Crippen molar-refractivity contribution in [2.24, 2.45) is 5.73 Å². The topological polar surface area (TPSA) is 68.9 Å². The summed E-state index contributed by atoms with van der Waals surface area (Å²) in [4.78, 5) is 18.4. The summed E-state index contributed by atoms with van der Waals surface area (Å²) in [6.07, 6.45) is -2.35. The van der Waals surface area contributed by atoms with Gasteiger partial charge in [-0.05, 0) is 18.2 Å². The summed E-state index contributed by atoms with van der Waals surface area (Å²) in [5, 5.41) is 0. The Balaban J connectivity index is 2.76. The quantitative estimate of drug-likeness (QED) is 0.861. The Hall–Kier alpha value is -2.51. The molecule has 0 unspecified atom stereocenters. The van der Waals surface area contributed by atoms with E-state index in [2.05, 4.69) is 9.97 Å². The van der Waals surface area contributed by atoms with Crippen molar-refractivity contribution < 1.29 is 22.4 Å². The minimum Gasteiger partial charge on any atom is -0.366 e. The maximum atomic E-state index is 13.5. The van der Waals surface area contributed by atoms with Gasteiger partial charge < -0.3 is 5.73 Å². The minimum atomic E-state index is -4.81. The second-order valence-electron chi connectivity index (χ2n) is 3.81. The molecule has 0 aliphatic rings. The summed E-state index contributed by atoms with van der Waals surface area (Å²) < 4.78 is 52.2. The SMILES string of the molecule is NC(=O)c1cc(-c2ncccn2)c(C(F)(F)F)cc1F. The van der Waals surface area contributed by atoms with Crippen molar-refractivity contribution in [1.29, 1.82) is 0 Å². The van der Waals surface area contributed by atoms with Gasteiger partial charge in [-0.25, -0.2) is 14.4 Å². The van der Waals surface area contributed by atoms with Crippen LogP contribution in [0.15, 0.2) is 30.6 Å². The molecule has 8 heteroatoms. The van der Waals surface area contributed by atoms with E-state index in [0.717, 1.165) is 0 Å². The predicted molar refractivity (Wildman–Crippen MR) is 60.9 cm³/mol. The number of carbonyl (C=O) groups excluding carboxylic acids is 1. The number of hydrogen-bond donors (Lipinski definition) is 1. The van der Waals surface area contributed by atoms with Gasteiger partial charge in [-0.2, -0.15) is 13.2 Å². The molecule has 1 heterocycles. The summed E-state index contributed by atoms with van der Waals surface area (Å²) in [5.41, 5.74) is 2.49. The van der Waals surface area contributed by atoms with Crippen molar-refractivity contribution in [3.63, 3.8) is 0 Å². The highest BCUT2D eigenvalue weighted by Gasteiger charge is 2.36.